The number of amides is 3. The minimum Gasteiger partial charge on any atom is -0.333 e. The molecule has 25 heavy (non-hydrogen) atoms. The second-order valence-corrected chi connectivity index (χ2v) is 8.81. The lowest BCUT2D eigenvalue weighted by atomic mass is 10.1. The zero-order chi connectivity index (χ0) is 18.4. The van der Waals surface area contributed by atoms with E-state index in [0.29, 0.717) is 11.7 Å². The highest BCUT2D eigenvalue weighted by atomic mass is 32.2. The van der Waals surface area contributed by atoms with Gasteiger partial charge in [0.2, 0.25) is 11.1 Å². The highest BCUT2D eigenvalue weighted by molar-refractivity contribution is 8.00. The molecule has 136 valence electrons. The lowest BCUT2D eigenvalue weighted by Crippen LogP contribution is -2.49. The van der Waals surface area contributed by atoms with Crippen LogP contribution < -0.4 is 10.6 Å². The summed E-state index contributed by atoms with van der Waals surface area (Å²) in [6.45, 7) is 7.88. The normalized spacial score (nSPS) is 12.6. The number of imide groups is 1. The number of aryl methyl sites for hydroxylation is 2. The molecule has 2 aromatic rings. The van der Waals surface area contributed by atoms with Crippen molar-refractivity contribution in [2.24, 2.45) is 0 Å². The Hall–Kier alpha value is -1.94. The Kier molecular flexibility index (Phi) is 6.54. The summed E-state index contributed by atoms with van der Waals surface area (Å²) in [5.74, 6) is -0.389. The lowest BCUT2D eigenvalue weighted by molar-refractivity contribution is -0.119. The zero-order valence-corrected chi connectivity index (χ0v) is 16.3. The van der Waals surface area contributed by atoms with Crippen LogP contribution in [0.3, 0.4) is 0 Å². The van der Waals surface area contributed by atoms with Crippen molar-refractivity contribution in [2.45, 2.75) is 56.6 Å². The summed E-state index contributed by atoms with van der Waals surface area (Å²) >= 11 is 2.90. The summed E-state index contributed by atoms with van der Waals surface area (Å²) < 4.78 is 1.67. The van der Waals surface area contributed by atoms with Gasteiger partial charge in [-0.15, -0.1) is 16.4 Å². The Morgan fingerprint density at radius 1 is 1.40 bits per heavy atom. The molecule has 0 fully saturated rings. The van der Waals surface area contributed by atoms with E-state index in [-0.39, 0.29) is 5.91 Å². The van der Waals surface area contributed by atoms with Crippen LogP contribution in [-0.2, 0) is 17.8 Å². The highest BCUT2D eigenvalue weighted by Gasteiger charge is 2.22. The molecule has 0 aliphatic heterocycles. The number of tetrazole rings is 1. The topological polar surface area (TPSA) is 102 Å². The number of aromatic nitrogens is 4. The second kappa shape index (κ2) is 8.43. The molecule has 2 rings (SSSR count). The summed E-state index contributed by atoms with van der Waals surface area (Å²) in [7, 11) is 0. The van der Waals surface area contributed by atoms with Crippen LogP contribution in [0.15, 0.2) is 22.7 Å². The summed E-state index contributed by atoms with van der Waals surface area (Å²) in [5, 5.41) is 18.7. The maximum atomic E-state index is 12.2. The molecule has 0 aliphatic rings. The van der Waals surface area contributed by atoms with Crippen molar-refractivity contribution in [1.82, 2.24) is 30.8 Å². The Bertz CT molecular complexity index is 708. The average Bonchev–Trinajstić information content (AvgIpc) is 3.14. The number of thioether (sulfide) groups is 1. The van der Waals surface area contributed by atoms with Gasteiger partial charge in [0.15, 0.2) is 0 Å². The van der Waals surface area contributed by atoms with Crippen molar-refractivity contribution in [1.29, 1.82) is 0 Å². The van der Waals surface area contributed by atoms with Crippen molar-refractivity contribution >= 4 is 35.0 Å². The van der Waals surface area contributed by atoms with Gasteiger partial charge in [-0.3, -0.25) is 10.1 Å². The van der Waals surface area contributed by atoms with Crippen LogP contribution in [-0.4, -0.2) is 42.9 Å². The predicted octanol–water partition coefficient (Wildman–Crippen LogP) is 2.08. The van der Waals surface area contributed by atoms with Crippen molar-refractivity contribution in [3.63, 3.8) is 0 Å². The number of carbonyl (C=O) groups excluding carboxylic acids is 2. The van der Waals surface area contributed by atoms with Crippen molar-refractivity contribution in [3.8, 4) is 0 Å². The van der Waals surface area contributed by atoms with E-state index >= 15 is 0 Å². The fourth-order valence-corrected chi connectivity index (χ4v) is 3.40. The number of rotatable bonds is 6. The minimum absolute atomic E-state index is 0.389. The van der Waals surface area contributed by atoms with E-state index < -0.39 is 16.8 Å². The maximum Gasteiger partial charge on any atom is 0.321 e. The second-order valence-electron chi connectivity index (χ2n) is 6.47. The van der Waals surface area contributed by atoms with E-state index in [9.17, 15) is 9.59 Å². The number of nitrogens with one attached hydrogen (secondary N) is 2. The summed E-state index contributed by atoms with van der Waals surface area (Å²) in [5.41, 5.74) is -0.410. The van der Waals surface area contributed by atoms with Crippen molar-refractivity contribution in [3.05, 3.63) is 22.4 Å². The molecule has 0 aromatic carbocycles. The number of carbonyl (C=O) groups is 2. The molecule has 0 bridgehead atoms. The molecule has 2 aromatic heterocycles. The third-order valence-electron chi connectivity index (χ3n) is 3.03. The van der Waals surface area contributed by atoms with E-state index in [0.717, 1.165) is 6.42 Å². The van der Waals surface area contributed by atoms with Crippen LogP contribution in [0.4, 0.5) is 4.79 Å². The Balaban J connectivity index is 1.87. The number of thiophene rings is 1. The smallest absolute Gasteiger partial charge is 0.321 e. The van der Waals surface area contributed by atoms with Crippen LogP contribution in [0.1, 0.15) is 32.6 Å². The first kappa shape index (κ1) is 19.4. The van der Waals surface area contributed by atoms with Gasteiger partial charge in [-0.25, -0.2) is 9.48 Å². The predicted molar refractivity (Wildman–Crippen MR) is 97.6 cm³/mol. The number of hydrogen-bond donors (Lipinski definition) is 2. The molecule has 2 heterocycles. The first-order valence-electron chi connectivity index (χ1n) is 7.83. The molecule has 8 nitrogen and oxygen atoms in total. The maximum absolute atomic E-state index is 12.2. The Morgan fingerprint density at radius 2 is 2.16 bits per heavy atom. The molecule has 3 amide bonds. The first-order valence-corrected chi connectivity index (χ1v) is 9.59. The lowest BCUT2D eigenvalue weighted by Gasteiger charge is -2.21. The van der Waals surface area contributed by atoms with Crippen LogP contribution in [0.5, 0.6) is 0 Å². The molecule has 0 saturated heterocycles. The summed E-state index contributed by atoms with van der Waals surface area (Å²) in [6.07, 6.45) is 0.824. The van der Waals surface area contributed by atoms with Crippen LogP contribution in [0.25, 0.3) is 0 Å². The Labute approximate surface area is 154 Å². The summed E-state index contributed by atoms with van der Waals surface area (Å²) in [6, 6.07) is 3.55. The largest absolute Gasteiger partial charge is 0.333 e. The molecule has 10 heteroatoms. The molecule has 1 atom stereocenters. The van der Waals surface area contributed by atoms with Gasteiger partial charge in [-0.2, -0.15) is 0 Å². The first-order chi connectivity index (χ1) is 11.7. The monoisotopic (exact) mass is 382 g/mol. The Morgan fingerprint density at radius 3 is 2.80 bits per heavy atom. The van der Waals surface area contributed by atoms with Gasteiger partial charge < -0.3 is 5.32 Å². The SMILES string of the molecule is CC(Sc1nnnn1CCc1cccs1)C(=O)NC(=O)NC(C)(C)C. The van der Waals surface area contributed by atoms with E-state index in [4.69, 9.17) is 0 Å². The molecule has 0 aliphatic carbocycles. The number of nitrogens with zero attached hydrogens (tertiary/aromatic N) is 4. The van der Waals surface area contributed by atoms with Gasteiger partial charge in [0.1, 0.15) is 0 Å². The highest BCUT2D eigenvalue weighted by Crippen LogP contribution is 2.21. The van der Waals surface area contributed by atoms with E-state index in [1.54, 1.807) is 22.9 Å². The fraction of sp³-hybridized carbons (Fsp3) is 0.533. The molecule has 2 N–H and O–H groups in total. The van der Waals surface area contributed by atoms with Crippen molar-refractivity contribution < 1.29 is 9.59 Å². The standard InChI is InChI=1S/C15H22N6O2S2/c1-10(12(22)16-13(23)17-15(2,3)4)25-14-18-19-20-21(14)8-7-11-6-5-9-24-11/h5-6,9-10H,7-8H2,1-4H3,(H2,16,17,22,23). The van der Waals surface area contributed by atoms with Gasteiger partial charge in [0.25, 0.3) is 0 Å². The van der Waals surface area contributed by atoms with E-state index in [2.05, 4.69) is 32.2 Å². The summed E-state index contributed by atoms with van der Waals surface area (Å²) in [4.78, 5) is 25.2. The molecule has 0 spiro atoms. The van der Waals surface area contributed by atoms with Crippen molar-refractivity contribution in [2.75, 3.05) is 0 Å². The molecule has 0 saturated carbocycles. The zero-order valence-electron chi connectivity index (χ0n) is 14.6. The molecule has 0 radical (unpaired) electrons. The van der Waals surface area contributed by atoms with E-state index in [1.165, 1.54) is 16.6 Å². The minimum atomic E-state index is -0.512. The quantitative estimate of drug-likeness (QED) is 0.742. The molecule has 1 unspecified atom stereocenters. The number of hydrogen-bond acceptors (Lipinski definition) is 7. The van der Waals surface area contributed by atoms with Crippen LogP contribution >= 0.6 is 23.1 Å². The van der Waals surface area contributed by atoms with Gasteiger partial charge in [-0.05, 0) is 49.6 Å². The van der Waals surface area contributed by atoms with Crippen LogP contribution in [0.2, 0.25) is 0 Å². The fourth-order valence-electron chi connectivity index (χ4n) is 1.89. The molecular formula is C15H22N6O2S2. The third kappa shape index (κ3) is 6.46. The average molecular weight is 383 g/mol. The third-order valence-corrected chi connectivity index (χ3v) is 5.03. The van der Waals surface area contributed by atoms with Gasteiger partial charge >= 0.3 is 6.03 Å². The van der Waals surface area contributed by atoms with Gasteiger partial charge in [-0.1, -0.05) is 17.8 Å². The number of urea groups is 1. The molecular weight excluding hydrogens is 360 g/mol. The van der Waals surface area contributed by atoms with Gasteiger partial charge in [0.05, 0.1) is 11.8 Å². The van der Waals surface area contributed by atoms with Gasteiger partial charge in [0, 0.05) is 16.8 Å². The van der Waals surface area contributed by atoms with Crippen LogP contribution in [0, 0.1) is 0 Å². The van der Waals surface area contributed by atoms with E-state index in [1.807, 2.05) is 32.2 Å².